The highest BCUT2D eigenvalue weighted by atomic mass is 14.0. The standard InChI is InChI=1S/C10H14.C7H8.2C2H6/c1-7-5-8(2)10(4)9(3)6-7;1-7-5-3-2-4-6-7;2*1-2/h5-6H,1-4H3;2-6H,1H3;2*1-2H3. The lowest BCUT2D eigenvalue weighted by Gasteiger charge is -2.04. The van der Waals surface area contributed by atoms with Crippen LogP contribution in [0.4, 0.5) is 0 Å². The second-order valence-corrected chi connectivity index (χ2v) is 4.68. The molecular formula is C21H34. The highest BCUT2D eigenvalue weighted by Crippen LogP contribution is 2.13. The van der Waals surface area contributed by atoms with Gasteiger partial charge in [0.05, 0.1) is 0 Å². The zero-order chi connectivity index (χ0) is 16.8. The quantitative estimate of drug-likeness (QED) is 0.490. The van der Waals surface area contributed by atoms with Crippen LogP contribution in [0.2, 0.25) is 0 Å². The fraction of sp³-hybridized carbons (Fsp3) is 0.429. The van der Waals surface area contributed by atoms with Gasteiger partial charge in [-0.2, -0.15) is 0 Å². The van der Waals surface area contributed by atoms with Gasteiger partial charge in [-0.15, -0.1) is 0 Å². The average Bonchev–Trinajstić information content (AvgIpc) is 2.50. The lowest BCUT2D eigenvalue weighted by atomic mass is 10.0. The van der Waals surface area contributed by atoms with Crippen molar-refractivity contribution < 1.29 is 0 Å². The predicted octanol–water partition coefficient (Wildman–Crippen LogP) is 6.97. The minimum atomic E-state index is 1.32. The Morgan fingerprint density at radius 2 is 0.905 bits per heavy atom. The fourth-order valence-corrected chi connectivity index (χ4v) is 1.79. The number of benzene rings is 2. The van der Waals surface area contributed by atoms with E-state index in [1.807, 2.05) is 45.9 Å². The normalized spacial score (nSPS) is 8.24. The summed E-state index contributed by atoms with van der Waals surface area (Å²) in [5, 5.41) is 0. The van der Waals surface area contributed by atoms with Crippen molar-refractivity contribution in [1.29, 1.82) is 0 Å². The second kappa shape index (κ2) is 13.4. The first kappa shape index (κ1) is 21.7. The molecule has 0 amide bonds. The van der Waals surface area contributed by atoms with Gasteiger partial charge in [-0.25, -0.2) is 0 Å². The van der Waals surface area contributed by atoms with E-state index in [-0.39, 0.29) is 0 Å². The molecule has 0 fully saturated rings. The van der Waals surface area contributed by atoms with Gasteiger partial charge in [0, 0.05) is 0 Å². The molecular weight excluding hydrogens is 252 g/mol. The van der Waals surface area contributed by atoms with E-state index in [1.54, 1.807) is 0 Å². The van der Waals surface area contributed by atoms with Crippen molar-refractivity contribution >= 4 is 0 Å². The molecule has 0 bridgehead atoms. The molecule has 0 atom stereocenters. The zero-order valence-corrected chi connectivity index (χ0v) is 15.5. The lowest BCUT2D eigenvalue weighted by molar-refractivity contribution is 1.23. The minimum absolute atomic E-state index is 1.32. The summed E-state index contributed by atoms with van der Waals surface area (Å²) in [4.78, 5) is 0. The molecule has 0 radical (unpaired) electrons. The molecule has 0 saturated carbocycles. The van der Waals surface area contributed by atoms with Crippen LogP contribution < -0.4 is 0 Å². The summed E-state index contributed by atoms with van der Waals surface area (Å²) in [6, 6.07) is 14.7. The Balaban J connectivity index is 0. The summed E-state index contributed by atoms with van der Waals surface area (Å²) in [5.74, 6) is 0. The van der Waals surface area contributed by atoms with Crippen LogP contribution in [0.25, 0.3) is 0 Å². The van der Waals surface area contributed by atoms with E-state index in [4.69, 9.17) is 0 Å². The molecule has 118 valence electrons. The van der Waals surface area contributed by atoms with Crippen LogP contribution in [-0.2, 0) is 0 Å². The van der Waals surface area contributed by atoms with Crippen LogP contribution in [-0.4, -0.2) is 0 Å². The largest absolute Gasteiger partial charge is 0.0683 e. The summed E-state index contributed by atoms with van der Waals surface area (Å²) >= 11 is 0. The van der Waals surface area contributed by atoms with Crippen molar-refractivity contribution in [3.8, 4) is 0 Å². The molecule has 0 aliphatic carbocycles. The maximum absolute atomic E-state index is 2.22. The average molecular weight is 287 g/mol. The van der Waals surface area contributed by atoms with Crippen molar-refractivity contribution in [3.63, 3.8) is 0 Å². The van der Waals surface area contributed by atoms with Gasteiger partial charge in [0.25, 0.3) is 0 Å². The molecule has 21 heavy (non-hydrogen) atoms. The topological polar surface area (TPSA) is 0 Å². The Morgan fingerprint density at radius 3 is 1.19 bits per heavy atom. The fourth-order valence-electron chi connectivity index (χ4n) is 1.79. The molecule has 0 spiro atoms. The third-order valence-electron chi connectivity index (χ3n) is 3.01. The first-order chi connectivity index (χ1) is 10.0. The summed E-state index contributed by atoms with van der Waals surface area (Å²) < 4.78 is 0. The second-order valence-electron chi connectivity index (χ2n) is 4.68. The van der Waals surface area contributed by atoms with Crippen molar-refractivity contribution in [1.82, 2.24) is 0 Å². The molecule has 0 unspecified atom stereocenters. The number of hydrogen-bond acceptors (Lipinski definition) is 0. The maximum atomic E-state index is 2.22. The predicted molar refractivity (Wildman–Crippen MR) is 99.3 cm³/mol. The van der Waals surface area contributed by atoms with Crippen molar-refractivity contribution in [2.24, 2.45) is 0 Å². The zero-order valence-electron chi connectivity index (χ0n) is 15.5. The summed E-state index contributed by atoms with van der Waals surface area (Å²) in [6.45, 7) is 18.7. The first-order valence-corrected chi connectivity index (χ1v) is 8.07. The molecule has 0 nitrogen and oxygen atoms in total. The third kappa shape index (κ3) is 9.90. The van der Waals surface area contributed by atoms with Crippen molar-refractivity contribution in [2.75, 3.05) is 0 Å². The molecule has 0 heterocycles. The molecule has 0 aromatic heterocycles. The molecule has 2 aromatic rings. The van der Waals surface area contributed by atoms with Gasteiger partial charge >= 0.3 is 0 Å². The molecule has 0 N–H and O–H groups in total. The van der Waals surface area contributed by atoms with E-state index < -0.39 is 0 Å². The third-order valence-corrected chi connectivity index (χ3v) is 3.01. The monoisotopic (exact) mass is 286 g/mol. The van der Waals surface area contributed by atoms with Crippen molar-refractivity contribution in [2.45, 2.75) is 62.3 Å². The minimum Gasteiger partial charge on any atom is -0.0683 e. The van der Waals surface area contributed by atoms with Crippen LogP contribution in [0, 0.1) is 34.6 Å². The number of hydrogen-bond donors (Lipinski definition) is 0. The molecule has 2 aromatic carbocycles. The van der Waals surface area contributed by atoms with Gasteiger partial charge in [0.1, 0.15) is 0 Å². The van der Waals surface area contributed by atoms with E-state index in [0.717, 1.165) is 0 Å². The highest BCUT2D eigenvalue weighted by Gasteiger charge is 1.95. The van der Waals surface area contributed by atoms with E-state index in [0.29, 0.717) is 0 Å². The van der Waals surface area contributed by atoms with E-state index in [2.05, 4.69) is 58.9 Å². The molecule has 0 heteroatoms. The van der Waals surface area contributed by atoms with Crippen molar-refractivity contribution in [3.05, 3.63) is 70.3 Å². The van der Waals surface area contributed by atoms with Crippen LogP contribution in [0.5, 0.6) is 0 Å². The van der Waals surface area contributed by atoms with E-state index >= 15 is 0 Å². The molecule has 0 aliphatic rings. The molecule has 0 aliphatic heterocycles. The Labute approximate surface area is 133 Å². The van der Waals surface area contributed by atoms with Gasteiger partial charge in [-0.3, -0.25) is 0 Å². The van der Waals surface area contributed by atoms with Gasteiger partial charge in [-0.1, -0.05) is 81.3 Å². The maximum Gasteiger partial charge on any atom is -0.0392 e. The highest BCUT2D eigenvalue weighted by molar-refractivity contribution is 5.36. The summed E-state index contributed by atoms with van der Waals surface area (Å²) in [7, 11) is 0. The Bertz CT molecular complexity index is 444. The summed E-state index contributed by atoms with van der Waals surface area (Å²) in [6.07, 6.45) is 0. The van der Waals surface area contributed by atoms with Crippen LogP contribution in [0.1, 0.15) is 55.5 Å². The number of aryl methyl sites for hydroxylation is 4. The van der Waals surface area contributed by atoms with Gasteiger partial charge in [0.15, 0.2) is 0 Å². The Hall–Kier alpha value is -1.56. The first-order valence-electron chi connectivity index (χ1n) is 8.07. The van der Waals surface area contributed by atoms with Crippen LogP contribution in [0.3, 0.4) is 0 Å². The molecule has 0 saturated heterocycles. The van der Waals surface area contributed by atoms with Crippen LogP contribution in [0.15, 0.2) is 42.5 Å². The van der Waals surface area contributed by atoms with E-state index in [1.165, 1.54) is 27.8 Å². The van der Waals surface area contributed by atoms with Gasteiger partial charge < -0.3 is 0 Å². The Kier molecular flexibility index (Phi) is 13.9. The molecule has 2 rings (SSSR count). The van der Waals surface area contributed by atoms with E-state index in [9.17, 15) is 0 Å². The Morgan fingerprint density at radius 1 is 0.524 bits per heavy atom. The SMILES string of the molecule is CC.CC.Cc1cc(C)c(C)c(C)c1.Cc1ccccc1. The van der Waals surface area contributed by atoms with Gasteiger partial charge in [-0.05, 0) is 51.3 Å². The van der Waals surface area contributed by atoms with Crippen LogP contribution >= 0.6 is 0 Å². The number of rotatable bonds is 0. The summed E-state index contributed by atoms with van der Waals surface area (Å²) in [5.41, 5.74) is 6.91. The lowest BCUT2D eigenvalue weighted by Crippen LogP contribution is -1.86. The smallest absolute Gasteiger partial charge is 0.0392 e. The van der Waals surface area contributed by atoms with Gasteiger partial charge in [0.2, 0.25) is 0 Å².